The lowest BCUT2D eigenvalue weighted by Crippen LogP contribution is -1.56. The molecule has 3 heteroatoms. The lowest BCUT2D eigenvalue weighted by Gasteiger charge is -1.69. The zero-order valence-corrected chi connectivity index (χ0v) is 3.72. The monoisotopic (exact) mass is 96.0 g/mol. The Bertz CT molecular complexity index is 8.00. The lowest BCUT2D eigenvalue weighted by molar-refractivity contribution is 0.377. The first-order valence-corrected chi connectivity index (χ1v) is 2.83. The zero-order valence-electron chi connectivity index (χ0n) is 2.01. The van der Waals surface area contributed by atoms with Gasteiger partial charge in [0.15, 0.2) is 0 Å². The van der Waals surface area contributed by atoms with Crippen LogP contribution in [-0.2, 0) is 0 Å². The van der Waals surface area contributed by atoms with Crippen molar-refractivity contribution in [3.63, 3.8) is 0 Å². The highest BCUT2D eigenvalue weighted by atomic mass is 33.1. The van der Waals surface area contributed by atoms with E-state index in [9.17, 15) is 0 Å². The van der Waals surface area contributed by atoms with Gasteiger partial charge in [-0.25, -0.2) is 0 Å². The first kappa shape index (κ1) is 4.66. The minimum Gasteiger partial charge on any atom is -0.385 e. The van der Waals surface area contributed by atoms with Crippen molar-refractivity contribution in [2.45, 2.75) is 0 Å². The van der Waals surface area contributed by atoms with Gasteiger partial charge in [0.1, 0.15) is 0 Å². The molecule has 0 spiro atoms. The quantitative estimate of drug-likeness (QED) is 0.282. The minimum atomic E-state index is 0.100. The molecule has 1 nitrogen and oxygen atoms in total. The summed E-state index contributed by atoms with van der Waals surface area (Å²) in [6.45, 7) is 0. The van der Waals surface area contributed by atoms with Crippen LogP contribution in [0.2, 0.25) is 0 Å². The fourth-order valence-corrected chi connectivity index (χ4v) is 0. The fourth-order valence-electron chi connectivity index (χ4n) is 0. The smallest absolute Gasteiger partial charge is 0.0984 e. The average molecular weight is 96.2 g/mol. The predicted octanol–water partition coefficient (Wildman–Crippen LogP) is 0.514. The van der Waals surface area contributed by atoms with Gasteiger partial charge in [-0.15, -0.1) is 11.7 Å². The van der Waals surface area contributed by atoms with Crippen LogP contribution in [0.15, 0.2) is 0 Å². The highest BCUT2D eigenvalue weighted by molar-refractivity contribution is 8.68. The van der Waals surface area contributed by atoms with Crippen molar-refractivity contribution in [1.82, 2.24) is 0 Å². The second-order valence-electron chi connectivity index (χ2n) is 0.258. The summed E-state index contributed by atoms with van der Waals surface area (Å²) in [6, 6.07) is 0. The van der Waals surface area contributed by atoms with Crippen molar-refractivity contribution < 1.29 is 5.11 Å². The number of aliphatic hydroxyl groups excluding tert-OH is 1. The first-order chi connectivity index (χ1) is 1.91. The van der Waals surface area contributed by atoms with E-state index in [4.69, 9.17) is 5.11 Å². The topological polar surface area (TPSA) is 20.2 Å². The van der Waals surface area contributed by atoms with Gasteiger partial charge in [-0.05, 0) is 0 Å². The molecule has 0 aliphatic heterocycles. The van der Waals surface area contributed by atoms with Crippen LogP contribution in [0.25, 0.3) is 0 Å². The Morgan fingerprint density at radius 1 is 2.00 bits per heavy atom. The van der Waals surface area contributed by atoms with Crippen LogP contribution in [0, 0.1) is 0 Å². The van der Waals surface area contributed by atoms with Crippen LogP contribution < -0.4 is 0 Å². The molecular weight excluding hydrogens is 92.1 g/mol. The van der Waals surface area contributed by atoms with Crippen LogP contribution in [-0.4, -0.2) is 11.0 Å². The predicted molar refractivity (Wildman–Crippen MR) is 23.7 cm³/mol. The maximum Gasteiger partial charge on any atom is 0.0984 e. The summed E-state index contributed by atoms with van der Waals surface area (Å²) < 4.78 is 0. The molecule has 0 amide bonds. The number of hydrogen-bond acceptors (Lipinski definition) is 3. The van der Waals surface area contributed by atoms with Gasteiger partial charge in [0.2, 0.25) is 0 Å². The molecule has 4 heavy (non-hydrogen) atoms. The van der Waals surface area contributed by atoms with Crippen molar-refractivity contribution in [3.8, 4) is 0 Å². The average Bonchev–Trinajstić information content (AvgIpc) is 1.37. The summed E-state index contributed by atoms with van der Waals surface area (Å²) in [7, 11) is 1.11. The van der Waals surface area contributed by atoms with Gasteiger partial charge in [0.05, 0.1) is 5.94 Å². The van der Waals surface area contributed by atoms with Gasteiger partial charge in [0.25, 0.3) is 0 Å². The maximum absolute atomic E-state index is 7.76. The molecule has 0 aromatic rings. The number of hydrogen-bond donors (Lipinski definition) is 2. The highest BCUT2D eigenvalue weighted by Crippen LogP contribution is 1.98. The van der Waals surface area contributed by atoms with Gasteiger partial charge < -0.3 is 5.11 Å². The van der Waals surface area contributed by atoms with Crippen LogP contribution in [0.1, 0.15) is 0 Å². The minimum absolute atomic E-state index is 0.100. The Kier molecular flexibility index (Phi) is 4.26. The molecule has 0 radical (unpaired) electrons. The second kappa shape index (κ2) is 3.66. The first-order valence-electron chi connectivity index (χ1n) is 0.787. The normalized spacial score (nSPS) is 7.50. The molecule has 0 aliphatic rings. The molecule has 1 N–H and O–H groups in total. The molecule has 0 atom stereocenters. The van der Waals surface area contributed by atoms with Crippen LogP contribution in [0.5, 0.6) is 0 Å². The summed E-state index contributed by atoms with van der Waals surface area (Å²) in [4.78, 5) is 0. The van der Waals surface area contributed by atoms with E-state index < -0.39 is 0 Å². The van der Waals surface area contributed by atoms with Crippen molar-refractivity contribution in [2.75, 3.05) is 5.94 Å². The standard InChI is InChI=1S/CH4OS2/c2-1-4-3/h2-3H,1H2. The molecule has 0 fully saturated rings. The summed E-state index contributed by atoms with van der Waals surface area (Å²) in [5, 5.41) is 7.76. The lowest BCUT2D eigenvalue weighted by atomic mass is 11.7. The van der Waals surface area contributed by atoms with Gasteiger partial charge in [-0.3, -0.25) is 0 Å². The van der Waals surface area contributed by atoms with Crippen LogP contribution >= 0.6 is 22.5 Å². The number of thiol groups is 1. The number of rotatable bonds is 1. The molecule has 0 rings (SSSR count). The van der Waals surface area contributed by atoms with E-state index in [0.29, 0.717) is 0 Å². The Morgan fingerprint density at radius 3 is 2.25 bits per heavy atom. The van der Waals surface area contributed by atoms with E-state index in [0.717, 1.165) is 10.8 Å². The van der Waals surface area contributed by atoms with Crippen molar-refractivity contribution in [3.05, 3.63) is 0 Å². The largest absolute Gasteiger partial charge is 0.385 e. The molecule has 0 aliphatic carbocycles. The Balaban J connectivity index is 1.97. The van der Waals surface area contributed by atoms with Gasteiger partial charge in [0, 0.05) is 0 Å². The Hall–Kier alpha value is 0.660. The third-order valence-corrected chi connectivity index (χ3v) is 0.520. The third-order valence-electron chi connectivity index (χ3n) is 0.0577. The molecule has 0 aromatic carbocycles. The molecule has 26 valence electrons. The van der Waals surface area contributed by atoms with E-state index in [1.807, 2.05) is 0 Å². The maximum atomic E-state index is 7.76. The molecule has 0 unspecified atom stereocenters. The molecule has 0 saturated carbocycles. The van der Waals surface area contributed by atoms with E-state index in [2.05, 4.69) is 11.7 Å². The SMILES string of the molecule is OCSS. The van der Waals surface area contributed by atoms with Crippen LogP contribution in [0.4, 0.5) is 0 Å². The molecule has 0 bridgehead atoms. The molecule has 0 aromatic heterocycles. The van der Waals surface area contributed by atoms with Gasteiger partial charge in [-0.1, -0.05) is 10.8 Å². The van der Waals surface area contributed by atoms with E-state index in [1.165, 1.54) is 0 Å². The van der Waals surface area contributed by atoms with E-state index >= 15 is 0 Å². The Morgan fingerprint density at radius 2 is 2.25 bits per heavy atom. The molecule has 0 heterocycles. The number of aliphatic hydroxyl groups is 1. The van der Waals surface area contributed by atoms with E-state index in [1.54, 1.807) is 0 Å². The van der Waals surface area contributed by atoms with E-state index in [-0.39, 0.29) is 5.94 Å². The third kappa shape index (κ3) is 2.66. The Labute approximate surface area is 34.2 Å². The second-order valence-corrected chi connectivity index (χ2v) is 1.55. The van der Waals surface area contributed by atoms with Crippen molar-refractivity contribution in [2.24, 2.45) is 0 Å². The highest BCUT2D eigenvalue weighted by Gasteiger charge is 1.57. The van der Waals surface area contributed by atoms with Crippen molar-refractivity contribution in [1.29, 1.82) is 0 Å². The van der Waals surface area contributed by atoms with Gasteiger partial charge in [-0.2, -0.15) is 0 Å². The molecule has 0 saturated heterocycles. The summed E-state index contributed by atoms with van der Waals surface area (Å²) in [5.41, 5.74) is 0. The summed E-state index contributed by atoms with van der Waals surface area (Å²) >= 11 is 3.59. The fraction of sp³-hybridized carbons (Fsp3) is 1.00. The van der Waals surface area contributed by atoms with Crippen LogP contribution in [0.3, 0.4) is 0 Å². The summed E-state index contributed by atoms with van der Waals surface area (Å²) in [6.07, 6.45) is 0. The zero-order chi connectivity index (χ0) is 3.41. The summed E-state index contributed by atoms with van der Waals surface area (Å²) in [5.74, 6) is 0.100. The van der Waals surface area contributed by atoms with Crippen molar-refractivity contribution >= 4 is 22.5 Å². The molecular formula is CH4OS2. The van der Waals surface area contributed by atoms with Gasteiger partial charge >= 0.3 is 0 Å².